The van der Waals surface area contributed by atoms with Crippen molar-refractivity contribution in [3.63, 3.8) is 0 Å². The van der Waals surface area contributed by atoms with E-state index in [1.807, 2.05) is 43.2 Å². The molecule has 0 radical (unpaired) electrons. The fraction of sp³-hybridized carbons (Fsp3) is 0.261. The Morgan fingerprint density at radius 2 is 1.90 bits per heavy atom. The number of aliphatic hydroxyl groups is 2. The van der Waals surface area contributed by atoms with Crippen LogP contribution in [0.3, 0.4) is 0 Å². The van der Waals surface area contributed by atoms with Crippen molar-refractivity contribution in [1.82, 2.24) is 24.8 Å². The summed E-state index contributed by atoms with van der Waals surface area (Å²) in [6, 6.07) is 13.7. The van der Waals surface area contributed by atoms with Gasteiger partial charge in [0.1, 0.15) is 0 Å². The zero-order chi connectivity index (χ0) is 21.5. The van der Waals surface area contributed by atoms with Crippen LogP contribution in [0.25, 0.3) is 22.4 Å². The van der Waals surface area contributed by atoms with E-state index >= 15 is 0 Å². The number of fused-ring (bicyclic) bond motifs is 3. The van der Waals surface area contributed by atoms with Crippen molar-refractivity contribution in [3.05, 3.63) is 71.7 Å². The number of hydrogen-bond donors (Lipinski definition) is 3. The maximum atomic E-state index is 9.36. The van der Waals surface area contributed by atoms with Crippen LogP contribution >= 0.6 is 0 Å². The highest BCUT2D eigenvalue weighted by molar-refractivity contribution is 5.74. The summed E-state index contributed by atoms with van der Waals surface area (Å²) in [7, 11) is 1.91. The van der Waals surface area contributed by atoms with Gasteiger partial charge in [0.2, 0.25) is 0 Å². The Balaban J connectivity index is 1.57. The van der Waals surface area contributed by atoms with Crippen molar-refractivity contribution < 1.29 is 10.2 Å². The second kappa shape index (κ2) is 7.64. The quantitative estimate of drug-likeness (QED) is 0.442. The number of anilines is 1. The SMILES string of the molecule is Cc1nnn2c1-c1ccc(-c3cnn(C)c3)cc1C(Nc1ccc(C(O)O)cc1)CC2. The number of benzene rings is 2. The van der Waals surface area contributed by atoms with E-state index in [0.717, 1.165) is 46.7 Å². The summed E-state index contributed by atoms with van der Waals surface area (Å²) >= 11 is 0. The van der Waals surface area contributed by atoms with Crippen LogP contribution in [0.5, 0.6) is 0 Å². The Hall–Kier alpha value is -3.49. The zero-order valence-electron chi connectivity index (χ0n) is 17.4. The fourth-order valence-corrected chi connectivity index (χ4v) is 4.22. The molecular formula is C23H24N6O2. The molecule has 8 heteroatoms. The third kappa shape index (κ3) is 3.60. The Morgan fingerprint density at radius 3 is 2.61 bits per heavy atom. The fourth-order valence-electron chi connectivity index (χ4n) is 4.22. The number of nitrogens with one attached hydrogen (secondary N) is 1. The predicted octanol–water partition coefficient (Wildman–Crippen LogP) is 3.19. The van der Waals surface area contributed by atoms with E-state index in [4.69, 9.17) is 0 Å². The maximum absolute atomic E-state index is 9.36. The number of aliphatic hydroxyl groups excluding tert-OH is 1. The number of hydrogen-bond acceptors (Lipinski definition) is 6. The minimum absolute atomic E-state index is 0.0534. The van der Waals surface area contributed by atoms with Gasteiger partial charge >= 0.3 is 0 Å². The summed E-state index contributed by atoms with van der Waals surface area (Å²) in [6.45, 7) is 2.74. The van der Waals surface area contributed by atoms with Crippen LogP contribution in [0.2, 0.25) is 0 Å². The molecule has 2 aromatic carbocycles. The summed E-state index contributed by atoms with van der Waals surface area (Å²) in [5, 5.41) is 35.3. The van der Waals surface area contributed by atoms with Gasteiger partial charge in [-0.1, -0.05) is 29.5 Å². The molecule has 5 rings (SSSR count). The van der Waals surface area contributed by atoms with Crippen molar-refractivity contribution in [2.24, 2.45) is 7.05 Å². The summed E-state index contributed by atoms with van der Waals surface area (Å²) in [6.07, 6.45) is 3.25. The van der Waals surface area contributed by atoms with Gasteiger partial charge in [0, 0.05) is 42.2 Å². The highest BCUT2D eigenvalue weighted by Gasteiger charge is 2.26. The standard InChI is InChI=1S/C23H24N6O2/c1-14-22-19-8-5-16(17-12-24-28(2)13-17)11-20(19)21(9-10-29(22)27-26-14)25-18-6-3-15(4-7-18)23(30)31/h3-8,11-13,21,23,25,30-31H,9-10H2,1-2H3. The molecule has 0 spiro atoms. The molecule has 4 aromatic rings. The van der Waals surface area contributed by atoms with Crippen molar-refractivity contribution in [1.29, 1.82) is 0 Å². The molecule has 1 aliphatic heterocycles. The van der Waals surface area contributed by atoms with Gasteiger partial charge in [0.05, 0.1) is 23.6 Å². The lowest BCUT2D eigenvalue weighted by Crippen LogP contribution is -2.13. The van der Waals surface area contributed by atoms with Crippen LogP contribution in [0, 0.1) is 6.92 Å². The lowest BCUT2D eigenvalue weighted by atomic mass is 9.93. The van der Waals surface area contributed by atoms with Crippen LogP contribution in [0.1, 0.15) is 35.6 Å². The molecular weight excluding hydrogens is 392 g/mol. The lowest BCUT2D eigenvalue weighted by Gasteiger charge is -2.21. The molecule has 1 unspecified atom stereocenters. The normalized spacial score (nSPS) is 15.5. The van der Waals surface area contributed by atoms with Gasteiger partial charge in [-0.25, -0.2) is 4.68 Å². The Bertz CT molecular complexity index is 1230. The highest BCUT2D eigenvalue weighted by Crippen LogP contribution is 2.39. The van der Waals surface area contributed by atoms with Crippen LogP contribution in [0.4, 0.5) is 5.69 Å². The van der Waals surface area contributed by atoms with Crippen molar-refractivity contribution in [3.8, 4) is 22.4 Å². The number of aryl methyl sites for hydroxylation is 3. The van der Waals surface area contributed by atoms with Gasteiger partial charge in [-0.15, -0.1) is 5.10 Å². The average Bonchev–Trinajstić information content (AvgIpc) is 3.32. The van der Waals surface area contributed by atoms with E-state index in [9.17, 15) is 10.2 Å². The van der Waals surface area contributed by atoms with Gasteiger partial charge in [-0.05, 0) is 42.7 Å². The molecule has 1 atom stereocenters. The summed E-state index contributed by atoms with van der Waals surface area (Å²) in [4.78, 5) is 0. The van der Waals surface area contributed by atoms with Gasteiger partial charge in [0.25, 0.3) is 0 Å². The molecule has 3 N–H and O–H groups in total. The molecule has 158 valence electrons. The summed E-state index contributed by atoms with van der Waals surface area (Å²) < 4.78 is 3.78. The van der Waals surface area contributed by atoms with E-state index in [2.05, 4.69) is 38.9 Å². The molecule has 0 saturated carbocycles. The monoisotopic (exact) mass is 416 g/mol. The Kier molecular flexibility index (Phi) is 4.80. The van der Waals surface area contributed by atoms with E-state index in [-0.39, 0.29) is 6.04 Å². The lowest BCUT2D eigenvalue weighted by molar-refractivity contribution is -0.0424. The van der Waals surface area contributed by atoms with Crippen LogP contribution in [0.15, 0.2) is 54.9 Å². The predicted molar refractivity (Wildman–Crippen MR) is 117 cm³/mol. The topological polar surface area (TPSA) is 101 Å². The van der Waals surface area contributed by atoms with Crippen molar-refractivity contribution >= 4 is 5.69 Å². The van der Waals surface area contributed by atoms with Crippen LogP contribution < -0.4 is 5.32 Å². The van der Waals surface area contributed by atoms with Gasteiger partial charge in [-0.2, -0.15) is 5.10 Å². The first-order valence-corrected chi connectivity index (χ1v) is 10.3. The smallest absolute Gasteiger partial charge is 0.178 e. The molecule has 3 heterocycles. The molecule has 0 fully saturated rings. The summed E-state index contributed by atoms with van der Waals surface area (Å²) in [5.41, 5.74) is 7.82. The minimum Gasteiger partial charge on any atom is -0.378 e. The third-order valence-electron chi connectivity index (χ3n) is 5.80. The highest BCUT2D eigenvalue weighted by atomic mass is 16.5. The third-order valence-corrected chi connectivity index (χ3v) is 5.80. The first kappa shape index (κ1) is 19.5. The van der Waals surface area contributed by atoms with Crippen molar-refractivity contribution in [2.45, 2.75) is 32.2 Å². The van der Waals surface area contributed by atoms with Gasteiger partial charge in [0.15, 0.2) is 6.29 Å². The second-order valence-electron chi connectivity index (χ2n) is 7.93. The minimum atomic E-state index is -1.47. The first-order valence-electron chi connectivity index (χ1n) is 10.3. The Morgan fingerprint density at radius 1 is 1.10 bits per heavy atom. The average molecular weight is 416 g/mol. The maximum Gasteiger partial charge on any atom is 0.178 e. The van der Waals surface area contributed by atoms with E-state index in [1.54, 1.807) is 16.8 Å². The van der Waals surface area contributed by atoms with Gasteiger partial charge in [-0.3, -0.25) is 4.68 Å². The molecule has 0 amide bonds. The molecule has 31 heavy (non-hydrogen) atoms. The van der Waals surface area contributed by atoms with E-state index in [1.165, 1.54) is 5.56 Å². The largest absolute Gasteiger partial charge is 0.378 e. The molecule has 1 aliphatic rings. The van der Waals surface area contributed by atoms with Crippen molar-refractivity contribution in [2.75, 3.05) is 5.32 Å². The van der Waals surface area contributed by atoms with E-state index < -0.39 is 6.29 Å². The van der Waals surface area contributed by atoms with Crippen LogP contribution in [-0.2, 0) is 13.6 Å². The second-order valence-corrected chi connectivity index (χ2v) is 7.93. The molecule has 0 bridgehead atoms. The molecule has 8 nitrogen and oxygen atoms in total. The summed E-state index contributed by atoms with van der Waals surface area (Å²) in [5.74, 6) is 0. The van der Waals surface area contributed by atoms with Crippen LogP contribution in [-0.4, -0.2) is 35.0 Å². The molecule has 0 aliphatic carbocycles. The molecule has 2 aromatic heterocycles. The molecule has 0 saturated heterocycles. The van der Waals surface area contributed by atoms with Gasteiger partial charge < -0.3 is 15.5 Å². The zero-order valence-corrected chi connectivity index (χ0v) is 17.4. The number of rotatable bonds is 4. The number of nitrogens with zero attached hydrogens (tertiary/aromatic N) is 5. The number of aromatic nitrogens is 5. The Labute approximate surface area is 179 Å². The first-order chi connectivity index (χ1) is 15.0. The van der Waals surface area contributed by atoms with E-state index in [0.29, 0.717) is 5.56 Å².